The van der Waals surface area contributed by atoms with Crippen molar-refractivity contribution >= 4 is 21.6 Å². The lowest BCUT2D eigenvalue weighted by atomic mass is 9.90. The van der Waals surface area contributed by atoms with E-state index in [9.17, 15) is 13.2 Å². The molecular weight excluding hydrogens is 354 g/mol. The van der Waals surface area contributed by atoms with Crippen LogP contribution in [0.1, 0.15) is 31.2 Å². The number of morpholine rings is 1. The first-order valence-electron chi connectivity index (χ1n) is 9.25. The minimum absolute atomic E-state index is 0.0679. The first-order chi connectivity index (χ1) is 12.4. The summed E-state index contributed by atoms with van der Waals surface area (Å²) in [6, 6.07) is 5.10. The second-order valence-electron chi connectivity index (χ2n) is 7.36. The number of ether oxygens (including phenoxy) is 1. The Balaban J connectivity index is 1.48. The van der Waals surface area contributed by atoms with Crippen molar-refractivity contribution < 1.29 is 17.9 Å². The van der Waals surface area contributed by atoms with Gasteiger partial charge in [0.2, 0.25) is 15.9 Å². The molecule has 1 aromatic rings. The number of sulfonamides is 1. The smallest absolute Gasteiger partial charge is 0.241 e. The number of primary sulfonamides is 1. The van der Waals surface area contributed by atoms with Gasteiger partial charge in [-0.2, -0.15) is 0 Å². The molecule has 1 saturated carbocycles. The third-order valence-corrected chi connectivity index (χ3v) is 6.67. The molecule has 0 aromatic heterocycles. The summed E-state index contributed by atoms with van der Waals surface area (Å²) in [5.41, 5.74) is 1.67. The van der Waals surface area contributed by atoms with Crippen LogP contribution in [0.3, 0.4) is 0 Å². The molecule has 4 rings (SSSR count). The first-order valence-corrected chi connectivity index (χ1v) is 10.8. The van der Waals surface area contributed by atoms with E-state index in [1.165, 1.54) is 18.9 Å². The number of fused-ring (bicyclic) bond motifs is 2. The summed E-state index contributed by atoms with van der Waals surface area (Å²) in [5.74, 6) is 0.0679. The first kappa shape index (κ1) is 17.9. The second-order valence-corrected chi connectivity index (χ2v) is 8.92. The van der Waals surface area contributed by atoms with Crippen molar-refractivity contribution in [1.29, 1.82) is 0 Å². The lowest BCUT2D eigenvalue weighted by Crippen LogP contribution is -2.55. The predicted octanol–water partition coefficient (Wildman–Crippen LogP) is 0.867. The molecule has 1 saturated heterocycles. The Morgan fingerprint density at radius 2 is 2.04 bits per heavy atom. The van der Waals surface area contributed by atoms with Gasteiger partial charge in [0.1, 0.15) is 0 Å². The van der Waals surface area contributed by atoms with Crippen LogP contribution in [-0.4, -0.2) is 57.6 Å². The summed E-state index contributed by atoms with van der Waals surface area (Å²) in [5, 5.41) is 5.20. The zero-order valence-electron chi connectivity index (χ0n) is 14.8. The fraction of sp³-hybridized carbons (Fsp3) is 0.611. The highest BCUT2D eigenvalue weighted by Crippen LogP contribution is 2.32. The van der Waals surface area contributed by atoms with Gasteiger partial charge in [-0.3, -0.25) is 9.69 Å². The number of benzene rings is 1. The average Bonchev–Trinajstić information content (AvgIpc) is 3.04. The fourth-order valence-electron chi connectivity index (χ4n) is 4.45. The summed E-state index contributed by atoms with van der Waals surface area (Å²) in [6.45, 7) is 2.45. The molecule has 2 atom stereocenters. The van der Waals surface area contributed by atoms with Crippen LogP contribution in [0.15, 0.2) is 23.1 Å². The zero-order valence-corrected chi connectivity index (χ0v) is 15.6. The zero-order chi connectivity index (χ0) is 18.3. The van der Waals surface area contributed by atoms with Gasteiger partial charge in [0.15, 0.2) is 0 Å². The van der Waals surface area contributed by atoms with Crippen LogP contribution in [0.4, 0.5) is 5.69 Å². The molecule has 2 heterocycles. The van der Waals surface area contributed by atoms with Crippen molar-refractivity contribution in [3.05, 3.63) is 23.8 Å². The summed E-state index contributed by atoms with van der Waals surface area (Å²) in [6.07, 6.45) is 5.48. The third-order valence-electron chi connectivity index (χ3n) is 5.76. The minimum Gasteiger partial charge on any atom is -0.375 e. The molecule has 1 aromatic carbocycles. The van der Waals surface area contributed by atoms with Gasteiger partial charge < -0.3 is 9.64 Å². The monoisotopic (exact) mass is 379 g/mol. The predicted molar refractivity (Wildman–Crippen MR) is 97.4 cm³/mol. The van der Waals surface area contributed by atoms with Crippen LogP contribution in [-0.2, 0) is 26.0 Å². The van der Waals surface area contributed by atoms with Crippen LogP contribution in [0, 0.1) is 0 Å². The average molecular weight is 379 g/mol. The van der Waals surface area contributed by atoms with Crippen molar-refractivity contribution in [2.45, 2.75) is 49.1 Å². The molecule has 0 radical (unpaired) electrons. The molecule has 2 aliphatic heterocycles. The topological polar surface area (TPSA) is 92.9 Å². The Morgan fingerprint density at radius 3 is 2.85 bits per heavy atom. The number of rotatable bonds is 3. The fourth-order valence-corrected chi connectivity index (χ4v) is 5.01. The van der Waals surface area contributed by atoms with Gasteiger partial charge in [0.25, 0.3) is 0 Å². The highest BCUT2D eigenvalue weighted by atomic mass is 32.2. The molecule has 3 aliphatic rings. The number of hydrogen-bond donors (Lipinski definition) is 1. The molecular formula is C18H25N3O4S. The molecule has 2 N–H and O–H groups in total. The summed E-state index contributed by atoms with van der Waals surface area (Å²) >= 11 is 0. The van der Waals surface area contributed by atoms with Gasteiger partial charge >= 0.3 is 0 Å². The van der Waals surface area contributed by atoms with E-state index in [4.69, 9.17) is 9.88 Å². The summed E-state index contributed by atoms with van der Waals surface area (Å²) in [7, 11) is -3.72. The Hall–Kier alpha value is -1.48. The lowest BCUT2D eigenvalue weighted by Gasteiger charge is -2.43. The largest absolute Gasteiger partial charge is 0.375 e. The molecule has 0 spiro atoms. The van der Waals surface area contributed by atoms with Crippen molar-refractivity contribution in [1.82, 2.24) is 4.90 Å². The van der Waals surface area contributed by atoms with Crippen LogP contribution < -0.4 is 10.0 Å². The number of hydrogen-bond acceptors (Lipinski definition) is 5. The van der Waals surface area contributed by atoms with E-state index in [-0.39, 0.29) is 16.9 Å². The molecule has 7 nitrogen and oxygen atoms in total. The molecule has 8 heteroatoms. The van der Waals surface area contributed by atoms with E-state index >= 15 is 0 Å². The van der Waals surface area contributed by atoms with E-state index < -0.39 is 10.0 Å². The van der Waals surface area contributed by atoms with E-state index in [1.807, 2.05) is 0 Å². The molecule has 1 amide bonds. The lowest BCUT2D eigenvalue weighted by molar-refractivity contribution is -0.127. The van der Waals surface area contributed by atoms with Crippen LogP contribution >= 0.6 is 0 Å². The Kier molecular flexibility index (Phi) is 4.77. The van der Waals surface area contributed by atoms with E-state index in [0.717, 1.165) is 30.6 Å². The molecule has 2 unspecified atom stereocenters. The summed E-state index contributed by atoms with van der Waals surface area (Å²) in [4.78, 5) is 17.1. The maximum atomic E-state index is 12.9. The Morgan fingerprint density at radius 1 is 1.23 bits per heavy atom. The Bertz CT molecular complexity index is 809. The summed E-state index contributed by atoms with van der Waals surface area (Å²) < 4.78 is 28.9. The second kappa shape index (κ2) is 6.92. The highest BCUT2D eigenvalue weighted by molar-refractivity contribution is 7.89. The number of anilines is 1. The van der Waals surface area contributed by atoms with Crippen molar-refractivity contribution in [2.75, 3.05) is 31.1 Å². The number of carbonyl (C=O) groups excluding carboxylic acids is 1. The molecule has 142 valence electrons. The quantitative estimate of drug-likeness (QED) is 0.841. The van der Waals surface area contributed by atoms with E-state index in [1.54, 1.807) is 17.0 Å². The number of nitrogens with two attached hydrogens (primary N) is 1. The SMILES string of the molecule is NS(=O)(=O)c1ccc2c(c1)CCN2C(=O)CN1CCOC2CCCCC21. The number of carbonyl (C=O) groups is 1. The molecule has 1 aliphatic carbocycles. The van der Waals surface area contributed by atoms with Gasteiger partial charge in [0.05, 0.1) is 24.2 Å². The van der Waals surface area contributed by atoms with Crippen molar-refractivity contribution in [3.8, 4) is 0 Å². The maximum Gasteiger partial charge on any atom is 0.241 e. The van der Waals surface area contributed by atoms with Gasteiger partial charge in [-0.25, -0.2) is 13.6 Å². The molecule has 0 bridgehead atoms. The van der Waals surface area contributed by atoms with Crippen LogP contribution in [0.2, 0.25) is 0 Å². The normalized spacial score (nSPS) is 26.4. The van der Waals surface area contributed by atoms with Crippen molar-refractivity contribution in [2.24, 2.45) is 5.14 Å². The minimum atomic E-state index is -3.72. The Labute approximate surface area is 154 Å². The number of nitrogens with zero attached hydrogens (tertiary/aromatic N) is 2. The standard InChI is InChI=1S/C18H25N3O4S/c19-26(23,24)14-5-6-15-13(11-14)7-8-21(15)18(22)12-20-9-10-25-17-4-2-1-3-16(17)20/h5-6,11,16-17H,1-4,7-10,12H2,(H2,19,23,24). The van der Waals surface area contributed by atoms with Crippen LogP contribution in [0.25, 0.3) is 0 Å². The van der Waals surface area contributed by atoms with Gasteiger partial charge in [-0.15, -0.1) is 0 Å². The van der Waals surface area contributed by atoms with Gasteiger partial charge in [-0.05, 0) is 43.0 Å². The molecule has 2 fully saturated rings. The third kappa shape index (κ3) is 3.38. The van der Waals surface area contributed by atoms with E-state index in [0.29, 0.717) is 32.2 Å². The maximum absolute atomic E-state index is 12.9. The number of amides is 1. The highest BCUT2D eigenvalue weighted by Gasteiger charge is 2.36. The van der Waals surface area contributed by atoms with Gasteiger partial charge in [-0.1, -0.05) is 12.8 Å². The molecule has 26 heavy (non-hydrogen) atoms. The van der Waals surface area contributed by atoms with Gasteiger partial charge in [0, 0.05) is 24.8 Å². The van der Waals surface area contributed by atoms with Crippen LogP contribution in [0.5, 0.6) is 0 Å². The van der Waals surface area contributed by atoms with E-state index in [2.05, 4.69) is 4.90 Å². The van der Waals surface area contributed by atoms with Crippen molar-refractivity contribution in [3.63, 3.8) is 0 Å².